The molecule has 38 valence electrons. The third-order valence-electron chi connectivity index (χ3n) is 0.570. The van der Waals surface area contributed by atoms with E-state index < -0.39 is 5.44 Å². The van der Waals surface area contributed by atoms with E-state index in [2.05, 4.69) is 12.6 Å². The van der Waals surface area contributed by atoms with E-state index >= 15 is 0 Å². The Hall–Kier alpha value is 1.31. The van der Waals surface area contributed by atoms with Crippen molar-refractivity contribution in [3.05, 3.63) is 0 Å². The van der Waals surface area contributed by atoms with Crippen molar-refractivity contribution in [3.8, 4) is 0 Å². The van der Waals surface area contributed by atoms with Gasteiger partial charge in [-0.3, -0.25) is 0 Å². The molecule has 0 amide bonds. The summed E-state index contributed by atoms with van der Waals surface area (Å²) in [5.41, 5.74) is -0.704. The van der Waals surface area contributed by atoms with Gasteiger partial charge >= 0.3 is 29.6 Å². The molecular weight excluding hydrogens is 119 g/mol. The van der Waals surface area contributed by atoms with E-state index in [0.717, 1.165) is 0 Å². The van der Waals surface area contributed by atoms with E-state index in [9.17, 15) is 5.11 Å². The fraction of sp³-hybridized carbons (Fsp3) is 1.00. The van der Waals surface area contributed by atoms with E-state index in [1.807, 2.05) is 13.8 Å². The molecule has 0 N–H and O–H groups in total. The van der Waals surface area contributed by atoms with Crippen LogP contribution in [0.3, 0.4) is 0 Å². The molecule has 0 aromatic carbocycles. The molecular formula is C4H9NaOS. The van der Waals surface area contributed by atoms with Gasteiger partial charge in [0.1, 0.15) is 0 Å². The predicted molar refractivity (Wildman–Crippen MR) is 27.6 cm³/mol. The SMILES string of the molecule is CC(C)C([O-])S.[Na+]. The van der Waals surface area contributed by atoms with Gasteiger partial charge in [0.05, 0.1) is 0 Å². The van der Waals surface area contributed by atoms with Crippen molar-refractivity contribution in [2.24, 2.45) is 5.92 Å². The third-order valence-corrected chi connectivity index (χ3v) is 1.17. The molecule has 7 heavy (non-hydrogen) atoms. The standard InChI is InChI=1S/C4H9OS.Na/c1-3(2)4(5)6;/h3-4,6H,1-2H3;/q-1;+1. The quantitative estimate of drug-likeness (QED) is 0.231. The summed E-state index contributed by atoms with van der Waals surface area (Å²) >= 11 is 3.64. The minimum absolute atomic E-state index is 0. The summed E-state index contributed by atoms with van der Waals surface area (Å²) in [4.78, 5) is 0. The Morgan fingerprint density at radius 1 is 1.43 bits per heavy atom. The van der Waals surface area contributed by atoms with Gasteiger partial charge in [-0.15, -0.1) is 0 Å². The van der Waals surface area contributed by atoms with Crippen LogP contribution in [0.25, 0.3) is 0 Å². The molecule has 0 radical (unpaired) electrons. The Balaban J connectivity index is 0. The van der Waals surface area contributed by atoms with Gasteiger partial charge in [-0.25, -0.2) is 0 Å². The summed E-state index contributed by atoms with van der Waals surface area (Å²) in [6.45, 7) is 3.70. The molecule has 0 aromatic rings. The van der Waals surface area contributed by atoms with Crippen LogP contribution in [0.4, 0.5) is 0 Å². The molecule has 3 heteroatoms. The first-order chi connectivity index (χ1) is 2.64. The topological polar surface area (TPSA) is 23.1 Å². The predicted octanol–water partition coefficient (Wildman–Crippen LogP) is -2.74. The van der Waals surface area contributed by atoms with Crippen LogP contribution < -0.4 is 34.7 Å². The first kappa shape index (κ1) is 11.2. The summed E-state index contributed by atoms with van der Waals surface area (Å²) in [7, 11) is 0. The van der Waals surface area contributed by atoms with Gasteiger partial charge in [-0.05, 0) is 0 Å². The van der Waals surface area contributed by atoms with Crippen LogP contribution in [-0.4, -0.2) is 5.44 Å². The molecule has 0 spiro atoms. The molecule has 1 nitrogen and oxygen atoms in total. The maximum absolute atomic E-state index is 10.1. The van der Waals surface area contributed by atoms with Gasteiger partial charge < -0.3 is 5.11 Å². The van der Waals surface area contributed by atoms with Gasteiger partial charge in [-0.2, -0.15) is 12.6 Å². The van der Waals surface area contributed by atoms with Crippen molar-refractivity contribution >= 4 is 12.6 Å². The minimum atomic E-state index is -0.704. The monoisotopic (exact) mass is 128 g/mol. The molecule has 0 aliphatic heterocycles. The average molecular weight is 128 g/mol. The van der Waals surface area contributed by atoms with Crippen molar-refractivity contribution in [2.75, 3.05) is 0 Å². The second kappa shape index (κ2) is 5.45. The van der Waals surface area contributed by atoms with Crippen LogP contribution in [0.5, 0.6) is 0 Å². The Morgan fingerprint density at radius 2 is 1.57 bits per heavy atom. The van der Waals surface area contributed by atoms with Crippen LogP contribution in [0.15, 0.2) is 0 Å². The maximum atomic E-state index is 10.1. The molecule has 1 atom stereocenters. The summed E-state index contributed by atoms with van der Waals surface area (Å²) in [6, 6.07) is 0. The number of rotatable bonds is 1. The third kappa shape index (κ3) is 7.31. The average Bonchev–Trinajstić information content (AvgIpc) is 1.36. The molecule has 0 saturated heterocycles. The van der Waals surface area contributed by atoms with Crippen molar-refractivity contribution in [3.63, 3.8) is 0 Å². The van der Waals surface area contributed by atoms with E-state index in [1.165, 1.54) is 0 Å². The number of hydrogen-bond donors (Lipinski definition) is 1. The molecule has 1 unspecified atom stereocenters. The fourth-order valence-corrected chi connectivity index (χ4v) is 0. The van der Waals surface area contributed by atoms with Crippen LogP contribution >= 0.6 is 12.6 Å². The van der Waals surface area contributed by atoms with E-state index in [4.69, 9.17) is 0 Å². The largest absolute Gasteiger partial charge is 1.00 e. The van der Waals surface area contributed by atoms with Gasteiger partial charge in [0.2, 0.25) is 0 Å². The first-order valence-electron chi connectivity index (χ1n) is 1.98. The molecule has 0 bridgehead atoms. The second-order valence-corrected chi connectivity index (χ2v) is 2.14. The van der Waals surface area contributed by atoms with Gasteiger partial charge in [0.15, 0.2) is 0 Å². The molecule has 0 aliphatic carbocycles. The molecule has 0 aromatic heterocycles. The van der Waals surface area contributed by atoms with Gasteiger partial charge in [0.25, 0.3) is 0 Å². The van der Waals surface area contributed by atoms with Crippen molar-refractivity contribution < 1.29 is 34.7 Å². The molecule has 0 rings (SSSR count). The smallest absolute Gasteiger partial charge is 0.844 e. The van der Waals surface area contributed by atoms with Crippen LogP contribution in [-0.2, 0) is 0 Å². The van der Waals surface area contributed by atoms with Crippen molar-refractivity contribution in [1.29, 1.82) is 0 Å². The summed E-state index contributed by atoms with van der Waals surface area (Å²) < 4.78 is 0. The van der Waals surface area contributed by atoms with E-state index in [0.29, 0.717) is 0 Å². The van der Waals surface area contributed by atoms with Crippen molar-refractivity contribution in [1.82, 2.24) is 0 Å². The Morgan fingerprint density at radius 3 is 1.57 bits per heavy atom. The normalized spacial score (nSPS) is 13.3. The van der Waals surface area contributed by atoms with E-state index in [-0.39, 0.29) is 35.5 Å². The Bertz CT molecular complexity index is 32.7. The van der Waals surface area contributed by atoms with Gasteiger partial charge in [0, 0.05) is 0 Å². The van der Waals surface area contributed by atoms with Crippen LogP contribution in [0, 0.1) is 5.92 Å². The van der Waals surface area contributed by atoms with Crippen LogP contribution in [0.1, 0.15) is 13.8 Å². The van der Waals surface area contributed by atoms with E-state index in [1.54, 1.807) is 0 Å². The molecule has 0 saturated carbocycles. The Kier molecular flexibility index (Phi) is 8.68. The van der Waals surface area contributed by atoms with Crippen molar-refractivity contribution in [2.45, 2.75) is 19.3 Å². The zero-order chi connectivity index (χ0) is 5.15. The van der Waals surface area contributed by atoms with Crippen LogP contribution in [0.2, 0.25) is 0 Å². The molecule has 0 fully saturated rings. The van der Waals surface area contributed by atoms with Gasteiger partial charge in [-0.1, -0.05) is 25.2 Å². The second-order valence-electron chi connectivity index (χ2n) is 1.63. The zero-order valence-electron chi connectivity index (χ0n) is 5.01. The number of thiol groups is 1. The number of hydrogen-bond acceptors (Lipinski definition) is 2. The summed E-state index contributed by atoms with van der Waals surface area (Å²) in [5.74, 6) is 0.160. The fourth-order valence-electron chi connectivity index (χ4n) is 0. The molecule has 0 aliphatic rings. The molecule has 0 heterocycles. The minimum Gasteiger partial charge on any atom is -0.844 e. The summed E-state index contributed by atoms with van der Waals surface area (Å²) in [6.07, 6.45) is 0. The zero-order valence-corrected chi connectivity index (χ0v) is 7.90. The Labute approximate surface area is 72.2 Å². The maximum Gasteiger partial charge on any atom is 1.00 e. The first-order valence-corrected chi connectivity index (χ1v) is 2.50. The summed E-state index contributed by atoms with van der Waals surface area (Å²) in [5, 5.41) is 10.1.